The first-order valence-electron chi connectivity index (χ1n) is 15.7. The van der Waals surface area contributed by atoms with Gasteiger partial charge in [0.25, 0.3) is 0 Å². The smallest absolute Gasteiger partial charge is 0.182 e. The van der Waals surface area contributed by atoms with Crippen LogP contribution >= 0.6 is 0 Å². The first kappa shape index (κ1) is 26.6. The second-order valence-corrected chi connectivity index (χ2v) is 12.7. The standard InChI is InChI=1S/C42H30N4/c1-41(2)32-18-8-10-20-34(32)42(35-21-11-9-19-33(35)41)31-17-7-6-16-29(31)30-24-23-28(26-36(30)42)39-44-38(27-14-4-3-5-15-27)45-40(46-39)37-22-12-13-25-43-37/h3-26H,1-2H3. The zero-order valence-electron chi connectivity index (χ0n) is 25.6. The van der Waals surface area contributed by atoms with E-state index in [1.165, 1.54) is 44.5 Å². The minimum atomic E-state index is -0.482. The predicted octanol–water partition coefficient (Wildman–Crippen LogP) is 9.27. The summed E-state index contributed by atoms with van der Waals surface area (Å²) in [5.41, 5.74) is 12.4. The summed E-state index contributed by atoms with van der Waals surface area (Å²) in [7, 11) is 0. The number of hydrogen-bond donors (Lipinski definition) is 0. The van der Waals surface area contributed by atoms with Crippen molar-refractivity contribution in [3.05, 3.63) is 179 Å². The fraction of sp³-hybridized carbons (Fsp3) is 0.0952. The number of benzene rings is 5. The lowest BCUT2D eigenvalue weighted by molar-refractivity contribution is 0.563. The van der Waals surface area contributed by atoms with Gasteiger partial charge < -0.3 is 0 Å². The molecule has 2 aromatic heterocycles. The van der Waals surface area contributed by atoms with Crippen LogP contribution in [0.1, 0.15) is 47.2 Å². The van der Waals surface area contributed by atoms with Gasteiger partial charge in [0.1, 0.15) is 5.69 Å². The molecule has 7 aromatic rings. The van der Waals surface area contributed by atoms with Gasteiger partial charge in [-0.15, -0.1) is 0 Å². The van der Waals surface area contributed by atoms with Gasteiger partial charge in [0.2, 0.25) is 0 Å². The Bertz CT molecular complexity index is 2180. The highest BCUT2D eigenvalue weighted by Crippen LogP contribution is 2.62. The summed E-state index contributed by atoms with van der Waals surface area (Å²) >= 11 is 0. The molecule has 2 heterocycles. The minimum absolute atomic E-state index is 0.149. The van der Waals surface area contributed by atoms with Gasteiger partial charge in [-0.25, -0.2) is 15.0 Å². The Labute approximate surface area is 268 Å². The van der Waals surface area contributed by atoms with E-state index in [4.69, 9.17) is 15.0 Å². The third-order valence-electron chi connectivity index (χ3n) is 9.87. The highest BCUT2D eigenvalue weighted by atomic mass is 15.0. The average molecular weight is 591 g/mol. The molecule has 0 unspecified atom stereocenters. The van der Waals surface area contributed by atoms with Gasteiger partial charge in [-0.2, -0.15) is 0 Å². The fourth-order valence-electron chi connectivity index (χ4n) is 7.83. The van der Waals surface area contributed by atoms with Crippen LogP contribution in [0, 0.1) is 0 Å². The van der Waals surface area contributed by atoms with E-state index < -0.39 is 5.41 Å². The molecule has 0 fully saturated rings. The van der Waals surface area contributed by atoms with Gasteiger partial charge >= 0.3 is 0 Å². The van der Waals surface area contributed by atoms with Crippen LogP contribution in [-0.2, 0) is 10.8 Å². The maximum Gasteiger partial charge on any atom is 0.182 e. The van der Waals surface area contributed by atoms with Crippen molar-refractivity contribution in [2.75, 3.05) is 0 Å². The maximum atomic E-state index is 5.07. The third-order valence-corrected chi connectivity index (χ3v) is 9.87. The lowest BCUT2D eigenvalue weighted by atomic mass is 9.55. The summed E-state index contributed by atoms with van der Waals surface area (Å²) in [6.07, 6.45) is 1.77. The highest BCUT2D eigenvalue weighted by Gasteiger charge is 2.53. The number of fused-ring (bicyclic) bond motifs is 9. The molecule has 4 nitrogen and oxygen atoms in total. The summed E-state index contributed by atoms with van der Waals surface area (Å²) in [4.78, 5) is 19.6. The summed E-state index contributed by atoms with van der Waals surface area (Å²) in [6, 6.07) is 49.6. The molecule has 0 radical (unpaired) electrons. The molecule has 1 spiro atoms. The maximum absolute atomic E-state index is 5.07. The Balaban J connectivity index is 1.35. The van der Waals surface area contributed by atoms with Crippen molar-refractivity contribution in [3.8, 4) is 45.4 Å². The van der Waals surface area contributed by atoms with Gasteiger partial charge in [0, 0.05) is 22.7 Å². The number of rotatable bonds is 3. The predicted molar refractivity (Wildman–Crippen MR) is 183 cm³/mol. The molecule has 218 valence electrons. The number of aromatic nitrogens is 4. The lowest BCUT2D eigenvalue weighted by Gasteiger charge is -2.46. The summed E-state index contributed by atoms with van der Waals surface area (Å²) in [6.45, 7) is 4.70. The van der Waals surface area contributed by atoms with Crippen molar-refractivity contribution < 1.29 is 0 Å². The summed E-state index contributed by atoms with van der Waals surface area (Å²) in [5.74, 6) is 1.80. The third kappa shape index (κ3) is 3.67. The van der Waals surface area contributed by atoms with Crippen molar-refractivity contribution in [2.45, 2.75) is 24.7 Å². The molecular weight excluding hydrogens is 560 g/mol. The van der Waals surface area contributed by atoms with Crippen molar-refractivity contribution in [3.63, 3.8) is 0 Å². The molecule has 0 saturated carbocycles. The van der Waals surface area contributed by atoms with E-state index in [1.807, 2.05) is 48.5 Å². The topological polar surface area (TPSA) is 51.6 Å². The fourth-order valence-corrected chi connectivity index (χ4v) is 7.83. The Hall–Kier alpha value is -5.74. The molecule has 4 heteroatoms. The normalized spacial score (nSPS) is 14.7. The van der Waals surface area contributed by atoms with E-state index in [0.717, 1.165) is 11.1 Å². The lowest BCUT2D eigenvalue weighted by Crippen LogP contribution is -2.40. The molecule has 0 saturated heterocycles. The van der Waals surface area contributed by atoms with Crippen LogP contribution in [0.3, 0.4) is 0 Å². The number of pyridine rings is 1. The van der Waals surface area contributed by atoms with E-state index in [0.29, 0.717) is 23.2 Å². The molecule has 2 aliphatic rings. The second kappa shape index (κ2) is 9.88. The van der Waals surface area contributed by atoms with E-state index in [1.54, 1.807) is 6.20 Å². The number of hydrogen-bond acceptors (Lipinski definition) is 4. The minimum Gasteiger partial charge on any atom is -0.253 e. The Kier molecular flexibility index (Phi) is 5.72. The molecule has 0 N–H and O–H groups in total. The molecule has 0 bridgehead atoms. The molecular formula is C42H30N4. The van der Waals surface area contributed by atoms with Crippen LogP contribution < -0.4 is 0 Å². The molecule has 9 rings (SSSR count). The Morgan fingerprint density at radius 1 is 0.413 bits per heavy atom. The van der Waals surface area contributed by atoms with Gasteiger partial charge in [0.15, 0.2) is 17.5 Å². The quantitative estimate of drug-likeness (QED) is 0.206. The van der Waals surface area contributed by atoms with Crippen molar-refractivity contribution in [2.24, 2.45) is 0 Å². The molecule has 0 amide bonds. The van der Waals surface area contributed by atoms with E-state index in [9.17, 15) is 0 Å². The second-order valence-electron chi connectivity index (χ2n) is 12.7. The molecule has 5 aromatic carbocycles. The number of nitrogens with zero attached hydrogens (tertiary/aromatic N) is 4. The zero-order valence-corrected chi connectivity index (χ0v) is 25.6. The Morgan fingerprint density at radius 3 is 1.63 bits per heavy atom. The monoisotopic (exact) mass is 590 g/mol. The van der Waals surface area contributed by atoms with Gasteiger partial charge in [-0.05, 0) is 62.7 Å². The molecule has 0 atom stereocenters. The molecule has 2 aliphatic carbocycles. The van der Waals surface area contributed by atoms with Gasteiger partial charge in [0.05, 0.1) is 5.41 Å². The SMILES string of the molecule is CC1(C)c2ccccc2C2(c3ccccc3-c3ccc(-c4nc(-c5ccccc5)nc(-c5ccccn5)n4)cc32)c2ccccc21. The van der Waals surface area contributed by atoms with E-state index in [2.05, 4.69) is 110 Å². The summed E-state index contributed by atoms with van der Waals surface area (Å²) in [5, 5.41) is 0. The molecule has 0 aliphatic heterocycles. The first-order chi connectivity index (χ1) is 22.6. The highest BCUT2D eigenvalue weighted by molar-refractivity contribution is 5.90. The van der Waals surface area contributed by atoms with Crippen LogP contribution in [0.15, 0.2) is 146 Å². The Morgan fingerprint density at radius 2 is 0.957 bits per heavy atom. The summed E-state index contributed by atoms with van der Waals surface area (Å²) < 4.78 is 0. The van der Waals surface area contributed by atoms with Crippen molar-refractivity contribution >= 4 is 0 Å². The van der Waals surface area contributed by atoms with E-state index in [-0.39, 0.29) is 5.41 Å². The first-order valence-corrected chi connectivity index (χ1v) is 15.7. The van der Waals surface area contributed by atoms with Crippen LogP contribution in [-0.4, -0.2) is 19.9 Å². The zero-order chi connectivity index (χ0) is 30.9. The van der Waals surface area contributed by atoms with Gasteiger partial charge in [-0.3, -0.25) is 4.98 Å². The van der Waals surface area contributed by atoms with Crippen molar-refractivity contribution in [1.29, 1.82) is 0 Å². The van der Waals surface area contributed by atoms with Crippen molar-refractivity contribution in [1.82, 2.24) is 19.9 Å². The van der Waals surface area contributed by atoms with Crippen LogP contribution in [0.5, 0.6) is 0 Å². The van der Waals surface area contributed by atoms with Crippen LogP contribution in [0.4, 0.5) is 0 Å². The van der Waals surface area contributed by atoms with Crippen LogP contribution in [0.2, 0.25) is 0 Å². The van der Waals surface area contributed by atoms with Crippen LogP contribution in [0.25, 0.3) is 45.4 Å². The van der Waals surface area contributed by atoms with E-state index >= 15 is 0 Å². The average Bonchev–Trinajstić information content (AvgIpc) is 3.42. The molecule has 46 heavy (non-hydrogen) atoms. The largest absolute Gasteiger partial charge is 0.253 e. The van der Waals surface area contributed by atoms with Gasteiger partial charge in [-0.1, -0.05) is 135 Å².